The number of benzene rings is 2. The van der Waals surface area contributed by atoms with Gasteiger partial charge in [0.25, 0.3) is 0 Å². The van der Waals surface area contributed by atoms with Gasteiger partial charge >= 0.3 is 31.1 Å². The fourth-order valence-electron chi connectivity index (χ4n) is 3.99. The summed E-state index contributed by atoms with van der Waals surface area (Å²) in [6, 6.07) is 16.8. The Bertz CT molecular complexity index is 815. The van der Waals surface area contributed by atoms with Gasteiger partial charge < -0.3 is 22.0 Å². The van der Waals surface area contributed by atoms with E-state index in [0.717, 1.165) is 43.7 Å². The van der Waals surface area contributed by atoms with Gasteiger partial charge in [-0.15, -0.1) is 6.54 Å². The van der Waals surface area contributed by atoms with E-state index >= 15 is 0 Å². The van der Waals surface area contributed by atoms with Crippen molar-refractivity contribution in [2.45, 2.75) is 27.0 Å². The summed E-state index contributed by atoms with van der Waals surface area (Å²) in [5, 5.41) is 7.24. The van der Waals surface area contributed by atoms with Crippen LogP contribution in [0, 0.1) is 49.9 Å². The van der Waals surface area contributed by atoms with Gasteiger partial charge in [0.2, 0.25) is 1.68 Å². The maximum atomic E-state index is 14.5. The second-order valence-electron chi connectivity index (χ2n) is 8.39. The number of hydrogen-bond donors (Lipinski definition) is 2. The molecule has 32 heavy (non-hydrogen) atoms. The molecule has 0 saturated heterocycles. The van der Waals surface area contributed by atoms with Crippen molar-refractivity contribution in [3.8, 4) is 0 Å². The average molecular weight is 885 g/mol. The van der Waals surface area contributed by atoms with Crippen molar-refractivity contribution in [3.63, 3.8) is 0 Å². The Balaban J connectivity index is 0.00000363. The molecule has 0 bridgehead atoms. The van der Waals surface area contributed by atoms with E-state index in [1.165, 1.54) is 12.0 Å². The van der Waals surface area contributed by atoms with Gasteiger partial charge in [-0.05, 0) is 95.8 Å². The standard InChI is InChI=1S/C25H32FI2N3.U/c1-31(2)16-8-15-29-14-7-6-11-20-17-21-18-22(25(26,27)28)12-13-23(21)30-24(20)19-9-4-3-5-10-19;/h3-5,7,9-10,12-13,17-18,20,24,29-30H,6,8,11,14-16H2,1-2H3;/q-2;+2/t20-,24+;/m1./s1. The Kier molecular flexibility index (Phi) is 12.7. The molecular formula is C25H32FI2N3U. The summed E-state index contributed by atoms with van der Waals surface area (Å²) in [6.07, 6.45) is 7.96. The second kappa shape index (κ2) is 14.1. The van der Waals surface area contributed by atoms with Gasteiger partial charge in [-0.25, -0.2) is 4.39 Å². The maximum Gasteiger partial charge on any atom is 2.00 e. The minimum atomic E-state index is -1.39. The second-order valence-corrected chi connectivity index (χ2v) is 13.4. The molecule has 7 heteroatoms. The van der Waals surface area contributed by atoms with Gasteiger partial charge in [0.15, 0.2) is 0 Å². The molecule has 0 unspecified atom stereocenters. The summed E-state index contributed by atoms with van der Waals surface area (Å²) in [6.45, 7) is 3.11. The quantitative estimate of drug-likeness (QED) is 0.117. The van der Waals surface area contributed by atoms with Gasteiger partial charge in [-0.1, -0.05) is 54.6 Å². The van der Waals surface area contributed by atoms with Gasteiger partial charge in [0.1, 0.15) is 0 Å². The zero-order chi connectivity index (χ0) is 22.3. The summed E-state index contributed by atoms with van der Waals surface area (Å²) < 4.78 is 13.1. The number of nitrogens with zero attached hydrogens (tertiary/aromatic N) is 1. The molecule has 1 heterocycles. The number of alkyl halides is 3. The first-order valence-corrected chi connectivity index (χ1v) is 13.0. The summed E-state index contributed by atoms with van der Waals surface area (Å²) in [5.41, 5.74) is 4.18. The molecule has 3 nitrogen and oxygen atoms in total. The minimum Gasteiger partial charge on any atom is -0.430 e. The van der Waals surface area contributed by atoms with Gasteiger partial charge in [-0.3, -0.25) is 0 Å². The Morgan fingerprint density at radius 3 is 2.62 bits per heavy atom. The SMILES string of the molecule is CN(C)CCCNC[CH-]CC[C@@H]1[CH-]c2cc(C(F)(I)I)ccc2N[C@H]1c1ccccc1.[U+2]. The molecule has 0 aliphatic carbocycles. The summed E-state index contributed by atoms with van der Waals surface area (Å²) in [7, 11) is 4.22. The Morgan fingerprint density at radius 1 is 1.19 bits per heavy atom. The minimum absolute atomic E-state index is 0. The predicted octanol–water partition coefficient (Wildman–Crippen LogP) is 6.50. The number of anilines is 1. The van der Waals surface area contributed by atoms with Crippen molar-refractivity contribution in [3.05, 3.63) is 78.1 Å². The zero-order valence-corrected chi connectivity index (χ0v) is 27.2. The van der Waals surface area contributed by atoms with Gasteiger partial charge in [0, 0.05) is 6.04 Å². The van der Waals surface area contributed by atoms with Crippen molar-refractivity contribution in [1.29, 1.82) is 0 Å². The molecule has 2 aromatic carbocycles. The van der Waals surface area contributed by atoms with E-state index in [1.807, 2.05) is 63.4 Å². The van der Waals surface area contributed by atoms with Gasteiger partial charge in [0.05, 0.1) is 0 Å². The Labute approximate surface area is 244 Å². The van der Waals surface area contributed by atoms with Crippen LogP contribution in [0.15, 0.2) is 48.5 Å². The number of nitrogens with one attached hydrogen (secondary N) is 2. The van der Waals surface area contributed by atoms with Crippen molar-refractivity contribution in [2.75, 3.05) is 39.0 Å². The molecular weight excluding hydrogens is 853 g/mol. The van der Waals surface area contributed by atoms with Crippen molar-refractivity contribution in [2.24, 2.45) is 5.92 Å². The fourth-order valence-corrected chi connectivity index (χ4v) is 4.66. The number of hydrogen-bond acceptors (Lipinski definition) is 3. The molecule has 2 aromatic rings. The third-order valence-electron chi connectivity index (χ3n) is 5.62. The van der Waals surface area contributed by atoms with Crippen LogP contribution in [0.1, 0.15) is 42.0 Å². The van der Waals surface area contributed by atoms with Crippen molar-refractivity contribution in [1.82, 2.24) is 10.2 Å². The molecule has 0 fully saturated rings. The van der Waals surface area contributed by atoms with Crippen LogP contribution < -0.4 is 10.6 Å². The van der Waals surface area contributed by atoms with Gasteiger partial charge in [-0.2, -0.15) is 24.5 Å². The molecule has 2 N–H and O–H groups in total. The third kappa shape index (κ3) is 8.92. The van der Waals surface area contributed by atoms with Crippen LogP contribution >= 0.6 is 45.2 Å². The van der Waals surface area contributed by atoms with E-state index in [0.29, 0.717) is 11.5 Å². The smallest absolute Gasteiger partial charge is 0.430 e. The first kappa shape index (κ1) is 28.7. The molecule has 0 spiro atoms. The predicted molar refractivity (Wildman–Crippen MR) is 147 cm³/mol. The Morgan fingerprint density at radius 2 is 1.94 bits per heavy atom. The summed E-state index contributed by atoms with van der Waals surface area (Å²) in [5.74, 6) is 0.354. The largest absolute Gasteiger partial charge is 2.00 e. The average Bonchev–Trinajstić information content (AvgIpc) is 2.74. The van der Waals surface area contributed by atoms with Crippen LogP contribution in [0.2, 0.25) is 0 Å². The molecule has 172 valence electrons. The van der Waals surface area contributed by atoms with E-state index in [4.69, 9.17) is 0 Å². The number of halogens is 3. The first-order valence-electron chi connectivity index (χ1n) is 10.9. The number of unbranched alkanes of at least 4 members (excludes halogenated alkanes) is 1. The molecule has 2 atom stereocenters. The van der Waals surface area contributed by atoms with E-state index in [9.17, 15) is 4.39 Å². The van der Waals surface area contributed by atoms with E-state index < -0.39 is 1.68 Å². The first-order chi connectivity index (χ1) is 14.8. The van der Waals surface area contributed by atoms with E-state index in [2.05, 4.69) is 72.8 Å². The zero-order valence-electron chi connectivity index (χ0n) is 18.8. The molecule has 3 rings (SSSR count). The van der Waals surface area contributed by atoms with Crippen molar-refractivity contribution >= 4 is 50.9 Å². The monoisotopic (exact) mass is 885 g/mol. The molecule has 0 aromatic heterocycles. The van der Waals surface area contributed by atoms with Crippen LogP contribution in [0.4, 0.5) is 10.1 Å². The summed E-state index contributed by atoms with van der Waals surface area (Å²) >= 11 is 3.70. The number of rotatable bonds is 11. The molecule has 1 aliphatic rings. The van der Waals surface area contributed by atoms with Crippen LogP contribution in [-0.4, -0.2) is 38.6 Å². The topological polar surface area (TPSA) is 27.3 Å². The molecule has 0 amide bonds. The summed E-state index contributed by atoms with van der Waals surface area (Å²) in [4.78, 5) is 2.22. The molecule has 0 radical (unpaired) electrons. The molecule has 1 aliphatic heterocycles. The van der Waals surface area contributed by atoms with E-state index in [1.54, 1.807) is 0 Å². The fraction of sp³-hybridized carbons (Fsp3) is 0.440. The number of fused-ring (bicyclic) bond motifs is 1. The normalized spacial score (nSPS) is 17.8. The van der Waals surface area contributed by atoms with Crippen LogP contribution in [0.25, 0.3) is 0 Å². The maximum absolute atomic E-state index is 14.5. The van der Waals surface area contributed by atoms with Crippen LogP contribution in [0.3, 0.4) is 0 Å². The molecule has 0 saturated carbocycles. The third-order valence-corrected chi connectivity index (χ3v) is 6.87. The van der Waals surface area contributed by atoms with Crippen LogP contribution in [-0.2, 0) is 1.68 Å². The van der Waals surface area contributed by atoms with Crippen molar-refractivity contribution < 1.29 is 35.5 Å². The Hall–Kier alpha value is 0.472. The van der Waals surface area contributed by atoms with E-state index in [-0.39, 0.29) is 37.2 Å². The van der Waals surface area contributed by atoms with Crippen LogP contribution in [0.5, 0.6) is 0 Å².